The van der Waals surface area contributed by atoms with Crippen LogP contribution in [0.25, 0.3) is 11.0 Å². The highest BCUT2D eigenvalue weighted by atomic mass is 16.5. The largest absolute Gasteiger partial charge is 0.466 e. The summed E-state index contributed by atoms with van der Waals surface area (Å²) >= 11 is 0. The highest BCUT2D eigenvalue weighted by Crippen LogP contribution is 2.20. The Morgan fingerprint density at radius 3 is 2.56 bits per heavy atom. The van der Waals surface area contributed by atoms with Crippen LogP contribution >= 0.6 is 0 Å². The van der Waals surface area contributed by atoms with Gasteiger partial charge in [0.15, 0.2) is 5.82 Å². The molecule has 2 saturated heterocycles. The first-order chi connectivity index (χ1) is 15.6. The zero-order valence-corrected chi connectivity index (χ0v) is 18.5. The first kappa shape index (κ1) is 22.3. The van der Waals surface area contributed by atoms with Gasteiger partial charge in [-0.15, -0.1) is 0 Å². The van der Waals surface area contributed by atoms with Crippen LogP contribution in [-0.4, -0.2) is 72.3 Å². The molecule has 9 heteroatoms. The van der Waals surface area contributed by atoms with E-state index >= 15 is 0 Å². The number of nitrogens with zero attached hydrogens (tertiary/aromatic N) is 4. The third-order valence-corrected chi connectivity index (χ3v) is 6.16. The third kappa shape index (κ3) is 4.77. The Labute approximate surface area is 186 Å². The highest BCUT2D eigenvalue weighted by molar-refractivity contribution is 5.79. The molecule has 2 aromatic rings. The third-order valence-electron chi connectivity index (χ3n) is 6.16. The Kier molecular flexibility index (Phi) is 7.04. The zero-order valence-electron chi connectivity index (χ0n) is 18.5. The number of likely N-dealkylation sites (tertiary alicyclic amines) is 1. The Morgan fingerprint density at radius 1 is 1.12 bits per heavy atom. The smallest absolute Gasteiger partial charge is 0.309 e. The SMILES string of the molecule is CCOC(=O)C1CCN(C(=O)CCn2c(=O)c(N3CCOCC3)nc3ccccc32)CC1. The molecule has 1 aromatic carbocycles. The second-order valence-corrected chi connectivity index (χ2v) is 8.14. The Balaban J connectivity index is 1.47. The van der Waals surface area contributed by atoms with Crippen LogP contribution in [0, 0.1) is 5.92 Å². The fourth-order valence-corrected chi connectivity index (χ4v) is 4.37. The van der Waals surface area contributed by atoms with Gasteiger partial charge in [0.2, 0.25) is 5.91 Å². The molecule has 32 heavy (non-hydrogen) atoms. The molecule has 3 heterocycles. The van der Waals surface area contributed by atoms with E-state index in [-0.39, 0.29) is 36.3 Å². The van der Waals surface area contributed by atoms with E-state index in [0.29, 0.717) is 64.7 Å². The van der Waals surface area contributed by atoms with Gasteiger partial charge in [0.1, 0.15) is 0 Å². The van der Waals surface area contributed by atoms with Gasteiger partial charge in [0.05, 0.1) is 36.8 Å². The van der Waals surface area contributed by atoms with E-state index in [1.807, 2.05) is 29.2 Å². The van der Waals surface area contributed by atoms with Crippen molar-refractivity contribution in [2.24, 2.45) is 5.92 Å². The van der Waals surface area contributed by atoms with Gasteiger partial charge >= 0.3 is 5.97 Å². The van der Waals surface area contributed by atoms with Gasteiger partial charge in [-0.1, -0.05) is 12.1 Å². The number of piperidine rings is 1. The van der Waals surface area contributed by atoms with Crippen LogP contribution < -0.4 is 10.5 Å². The predicted molar refractivity (Wildman–Crippen MR) is 120 cm³/mol. The van der Waals surface area contributed by atoms with Crippen LogP contribution in [0.3, 0.4) is 0 Å². The lowest BCUT2D eigenvalue weighted by Gasteiger charge is -2.31. The summed E-state index contributed by atoms with van der Waals surface area (Å²) in [6.07, 6.45) is 1.45. The highest BCUT2D eigenvalue weighted by Gasteiger charge is 2.28. The maximum absolute atomic E-state index is 13.3. The maximum atomic E-state index is 13.3. The van der Waals surface area contributed by atoms with E-state index in [1.54, 1.807) is 16.4 Å². The first-order valence-corrected chi connectivity index (χ1v) is 11.3. The molecule has 0 radical (unpaired) electrons. The van der Waals surface area contributed by atoms with E-state index in [9.17, 15) is 14.4 Å². The summed E-state index contributed by atoms with van der Waals surface area (Å²) in [4.78, 5) is 46.4. The number of esters is 1. The van der Waals surface area contributed by atoms with Crippen molar-refractivity contribution in [1.82, 2.24) is 14.5 Å². The molecule has 0 unspecified atom stereocenters. The van der Waals surface area contributed by atoms with Gasteiger partial charge in [0.25, 0.3) is 5.56 Å². The number of benzene rings is 1. The number of ether oxygens (including phenoxy) is 2. The van der Waals surface area contributed by atoms with Crippen molar-refractivity contribution < 1.29 is 19.1 Å². The maximum Gasteiger partial charge on any atom is 0.309 e. The monoisotopic (exact) mass is 442 g/mol. The van der Waals surface area contributed by atoms with Crippen molar-refractivity contribution in [1.29, 1.82) is 0 Å². The lowest BCUT2D eigenvalue weighted by atomic mass is 9.97. The molecule has 4 rings (SSSR count). The van der Waals surface area contributed by atoms with Crippen molar-refractivity contribution in [3.05, 3.63) is 34.6 Å². The molecule has 2 aliphatic heterocycles. The molecule has 0 N–H and O–H groups in total. The van der Waals surface area contributed by atoms with E-state index in [1.165, 1.54) is 0 Å². The minimum atomic E-state index is -0.181. The summed E-state index contributed by atoms with van der Waals surface area (Å²) in [5.74, 6) is 0.0922. The molecule has 2 aliphatic rings. The van der Waals surface area contributed by atoms with Crippen LogP contribution in [0.1, 0.15) is 26.2 Å². The molecule has 0 atom stereocenters. The molecule has 0 aliphatic carbocycles. The Hall–Kier alpha value is -2.94. The lowest BCUT2D eigenvalue weighted by molar-refractivity contribution is -0.151. The van der Waals surface area contributed by atoms with E-state index in [4.69, 9.17) is 9.47 Å². The first-order valence-electron chi connectivity index (χ1n) is 11.3. The minimum Gasteiger partial charge on any atom is -0.466 e. The number of carbonyl (C=O) groups excluding carboxylic acids is 2. The number of fused-ring (bicyclic) bond motifs is 1. The number of aryl methyl sites for hydroxylation is 1. The van der Waals surface area contributed by atoms with Gasteiger partial charge in [-0.2, -0.15) is 0 Å². The number of para-hydroxylation sites is 2. The molecule has 2 fully saturated rings. The summed E-state index contributed by atoms with van der Waals surface area (Å²) in [5, 5.41) is 0. The number of carbonyl (C=O) groups is 2. The Bertz CT molecular complexity index is 1020. The van der Waals surface area contributed by atoms with Crippen LogP contribution in [0.2, 0.25) is 0 Å². The average Bonchev–Trinajstić information content (AvgIpc) is 2.84. The molecule has 172 valence electrons. The summed E-state index contributed by atoms with van der Waals surface area (Å²) in [5.41, 5.74) is 1.28. The van der Waals surface area contributed by atoms with Crippen LogP contribution in [0.5, 0.6) is 0 Å². The van der Waals surface area contributed by atoms with Gasteiger partial charge in [-0.3, -0.25) is 14.4 Å². The van der Waals surface area contributed by atoms with E-state index in [0.717, 1.165) is 11.0 Å². The molecule has 1 aromatic heterocycles. The number of amides is 1. The van der Waals surface area contributed by atoms with Crippen molar-refractivity contribution >= 4 is 28.7 Å². The van der Waals surface area contributed by atoms with Crippen molar-refractivity contribution in [2.45, 2.75) is 32.7 Å². The summed E-state index contributed by atoms with van der Waals surface area (Å²) in [6.45, 7) is 5.90. The zero-order chi connectivity index (χ0) is 22.5. The molecular formula is C23H30N4O5. The second kappa shape index (κ2) is 10.1. The number of rotatable bonds is 6. The molecule has 9 nitrogen and oxygen atoms in total. The molecule has 0 spiro atoms. The van der Waals surface area contributed by atoms with Gasteiger partial charge in [-0.05, 0) is 31.9 Å². The van der Waals surface area contributed by atoms with Crippen LogP contribution in [0.15, 0.2) is 29.1 Å². The van der Waals surface area contributed by atoms with Gasteiger partial charge in [-0.25, -0.2) is 4.98 Å². The number of aromatic nitrogens is 2. The average molecular weight is 443 g/mol. The minimum absolute atomic E-state index is 0.00646. The van der Waals surface area contributed by atoms with Crippen molar-refractivity contribution in [3.8, 4) is 0 Å². The van der Waals surface area contributed by atoms with Gasteiger partial charge in [0, 0.05) is 39.1 Å². The van der Waals surface area contributed by atoms with E-state index < -0.39 is 0 Å². The topological polar surface area (TPSA) is 94.0 Å². The normalized spacial score (nSPS) is 17.5. The fourth-order valence-electron chi connectivity index (χ4n) is 4.37. The van der Waals surface area contributed by atoms with Crippen molar-refractivity contribution in [2.75, 3.05) is 50.9 Å². The molecule has 1 amide bonds. The molecular weight excluding hydrogens is 412 g/mol. The standard InChI is InChI=1S/C23H30N4O5/c1-2-32-23(30)17-7-10-25(11-8-17)20(28)9-12-27-19-6-4-3-5-18(19)24-21(22(27)29)26-13-15-31-16-14-26/h3-6,17H,2,7-16H2,1H3. The van der Waals surface area contributed by atoms with E-state index in [2.05, 4.69) is 4.98 Å². The number of hydrogen-bond acceptors (Lipinski definition) is 7. The number of morpholine rings is 1. The van der Waals surface area contributed by atoms with Gasteiger partial charge < -0.3 is 23.8 Å². The molecule has 0 bridgehead atoms. The second-order valence-electron chi connectivity index (χ2n) is 8.14. The van der Waals surface area contributed by atoms with Crippen LogP contribution in [-0.2, 0) is 25.6 Å². The predicted octanol–water partition coefficient (Wildman–Crippen LogP) is 1.42. The number of hydrogen-bond donors (Lipinski definition) is 0. The molecule has 0 saturated carbocycles. The number of anilines is 1. The fraction of sp³-hybridized carbons (Fsp3) is 0.565. The Morgan fingerprint density at radius 2 is 1.84 bits per heavy atom. The van der Waals surface area contributed by atoms with Crippen molar-refractivity contribution in [3.63, 3.8) is 0 Å². The summed E-state index contributed by atoms with van der Waals surface area (Å²) in [6, 6.07) is 7.52. The summed E-state index contributed by atoms with van der Waals surface area (Å²) < 4.78 is 12.2. The van der Waals surface area contributed by atoms with Crippen LogP contribution in [0.4, 0.5) is 5.82 Å². The lowest BCUT2D eigenvalue weighted by Crippen LogP contribution is -2.42. The quantitative estimate of drug-likeness (QED) is 0.625. The summed E-state index contributed by atoms with van der Waals surface area (Å²) in [7, 11) is 0.